The van der Waals surface area contributed by atoms with Gasteiger partial charge in [-0.3, -0.25) is 5.32 Å². The van der Waals surface area contributed by atoms with Crippen molar-refractivity contribution in [1.82, 2.24) is 15.1 Å². The molecule has 33 heavy (non-hydrogen) atoms. The highest BCUT2D eigenvalue weighted by Gasteiger charge is 2.24. The molecule has 170 valence electrons. The Morgan fingerprint density at radius 3 is 2.82 bits per heavy atom. The Bertz CT molecular complexity index is 1100. The first-order chi connectivity index (χ1) is 16.1. The van der Waals surface area contributed by atoms with Gasteiger partial charge in [0.1, 0.15) is 11.6 Å². The number of carbonyl (C=O) groups is 1. The maximum absolute atomic E-state index is 13.0. The number of piperidine rings is 1. The van der Waals surface area contributed by atoms with Gasteiger partial charge in [0.25, 0.3) is 0 Å². The number of amides is 2. The van der Waals surface area contributed by atoms with Crippen LogP contribution in [0, 0.1) is 11.7 Å². The molecule has 1 unspecified atom stereocenters. The molecule has 4 rings (SSSR count). The predicted molar refractivity (Wildman–Crippen MR) is 126 cm³/mol. The van der Waals surface area contributed by atoms with E-state index in [2.05, 4.69) is 34.6 Å². The van der Waals surface area contributed by atoms with Gasteiger partial charge in [0.2, 0.25) is 0 Å². The molecule has 1 fully saturated rings. The van der Waals surface area contributed by atoms with Gasteiger partial charge in [-0.1, -0.05) is 42.8 Å². The van der Waals surface area contributed by atoms with Gasteiger partial charge in [0, 0.05) is 25.7 Å². The van der Waals surface area contributed by atoms with Crippen molar-refractivity contribution < 1.29 is 13.9 Å². The van der Waals surface area contributed by atoms with E-state index in [1.165, 1.54) is 17.7 Å². The van der Waals surface area contributed by atoms with E-state index in [0.717, 1.165) is 29.7 Å². The van der Waals surface area contributed by atoms with E-state index in [1.807, 2.05) is 23.1 Å². The Kier molecular flexibility index (Phi) is 7.29. The summed E-state index contributed by atoms with van der Waals surface area (Å²) in [7, 11) is 0. The van der Waals surface area contributed by atoms with Crippen LogP contribution in [-0.2, 0) is 6.42 Å². The lowest BCUT2D eigenvalue weighted by atomic mass is 9.91. The van der Waals surface area contributed by atoms with E-state index < -0.39 is 0 Å². The third-order valence-corrected chi connectivity index (χ3v) is 5.68. The van der Waals surface area contributed by atoms with Crippen LogP contribution >= 0.6 is 0 Å². The Balaban J connectivity index is 1.31. The predicted octanol–water partition coefficient (Wildman–Crippen LogP) is 5.19. The Labute approximate surface area is 193 Å². The third-order valence-electron chi connectivity index (χ3n) is 5.68. The number of hydrogen-bond acceptors (Lipinski definition) is 4. The number of benzene rings is 2. The summed E-state index contributed by atoms with van der Waals surface area (Å²) in [5, 5.41) is 10.5. The zero-order valence-electron chi connectivity index (χ0n) is 18.6. The Morgan fingerprint density at radius 1 is 1.21 bits per heavy atom. The van der Waals surface area contributed by atoms with E-state index >= 15 is 0 Å². The van der Waals surface area contributed by atoms with E-state index in [0.29, 0.717) is 25.5 Å². The molecule has 1 N–H and O–H groups in total. The van der Waals surface area contributed by atoms with Gasteiger partial charge in [-0.2, -0.15) is 5.10 Å². The largest absolute Gasteiger partial charge is 0.493 e. The quantitative estimate of drug-likeness (QED) is 0.566. The van der Waals surface area contributed by atoms with Gasteiger partial charge in [0.05, 0.1) is 6.61 Å². The molecule has 3 aromatic rings. The molecular formula is C26H27FN4O2. The van der Waals surface area contributed by atoms with Gasteiger partial charge in [0.15, 0.2) is 5.82 Å². The lowest BCUT2D eigenvalue weighted by Crippen LogP contribution is -2.42. The average Bonchev–Trinajstić information content (AvgIpc) is 2.82. The van der Waals surface area contributed by atoms with Crippen LogP contribution in [-0.4, -0.2) is 40.8 Å². The van der Waals surface area contributed by atoms with Crippen molar-refractivity contribution in [1.29, 1.82) is 0 Å². The van der Waals surface area contributed by atoms with E-state index in [4.69, 9.17) is 4.74 Å². The van der Waals surface area contributed by atoms with Crippen LogP contribution in [0.25, 0.3) is 6.08 Å². The highest BCUT2D eigenvalue weighted by molar-refractivity contribution is 5.88. The number of nitrogens with one attached hydrogen (secondary N) is 1. The summed E-state index contributed by atoms with van der Waals surface area (Å²) in [5.74, 6) is 1.27. The summed E-state index contributed by atoms with van der Waals surface area (Å²) in [4.78, 5) is 14.3. The number of carbonyl (C=O) groups excluding carboxylic acids is 1. The minimum absolute atomic E-state index is 0.155. The molecule has 1 aliphatic heterocycles. The normalized spacial score (nSPS) is 17.1. The molecule has 0 radical (unpaired) electrons. The molecule has 1 aliphatic rings. The van der Waals surface area contributed by atoms with E-state index in [-0.39, 0.29) is 17.8 Å². The molecule has 1 atom stereocenters. The van der Waals surface area contributed by atoms with E-state index in [9.17, 15) is 9.18 Å². The lowest BCUT2D eigenvalue weighted by molar-refractivity contribution is 0.197. The number of aromatic nitrogens is 2. The summed E-state index contributed by atoms with van der Waals surface area (Å²) < 4.78 is 18.9. The minimum atomic E-state index is -0.230. The van der Waals surface area contributed by atoms with Crippen molar-refractivity contribution in [2.75, 3.05) is 25.0 Å². The number of urea groups is 1. The fraction of sp³-hybridized carbons (Fsp3) is 0.269. The highest BCUT2D eigenvalue weighted by Crippen LogP contribution is 2.26. The first-order valence-electron chi connectivity index (χ1n) is 11.1. The molecule has 0 bridgehead atoms. The summed E-state index contributed by atoms with van der Waals surface area (Å²) in [6.07, 6.45) is 5.29. The van der Waals surface area contributed by atoms with Gasteiger partial charge in [-0.25, -0.2) is 9.18 Å². The zero-order chi connectivity index (χ0) is 23.0. The van der Waals surface area contributed by atoms with Gasteiger partial charge >= 0.3 is 6.03 Å². The SMILES string of the molecule is CC1CN(C(=O)Nc2cccnn2)CCC1=Cc1cccc(OCCc2ccc(F)cc2)c1. The number of nitrogens with zero attached hydrogens (tertiary/aromatic N) is 3. The maximum atomic E-state index is 13.0. The van der Waals surface area contributed by atoms with Crippen LogP contribution in [0.1, 0.15) is 24.5 Å². The molecular weight excluding hydrogens is 419 g/mol. The maximum Gasteiger partial charge on any atom is 0.323 e. The van der Waals surface area contributed by atoms with Crippen LogP contribution in [0.3, 0.4) is 0 Å². The molecule has 7 heteroatoms. The van der Waals surface area contributed by atoms with Crippen molar-refractivity contribution in [2.24, 2.45) is 5.92 Å². The van der Waals surface area contributed by atoms with Crippen LogP contribution in [0.2, 0.25) is 0 Å². The molecule has 0 saturated carbocycles. The molecule has 1 aromatic heterocycles. The van der Waals surface area contributed by atoms with Crippen molar-refractivity contribution in [3.63, 3.8) is 0 Å². The second-order valence-corrected chi connectivity index (χ2v) is 8.15. The molecule has 6 nitrogen and oxygen atoms in total. The lowest BCUT2D eigenvalue weighted by Gasteiger charge is -2.33. The number of halogens is 1. The van der Waals surface area contributed by atoms with Crippen molar-refractivity contribution >= 4 is 17.9 Å². The highest BCUT2D eigenvalue weighted by atomic mass is 19.1. The average molecular weight is 447 g/mol. The van der Waals surface area contributed by atoms with Crippen LogP contribution in [0.4, 0.5) is 15.0 Å². The van der Waals surface area contributed by atoms with Crippen molar-refractivity contribution in [2.45, 2.75) is 19.8 Å². The molecule has 1 saturated heterocycles. The van der Waals surface area contributed by atoms with Crippen molar-refractivity contribution in [3.05, 3.63) is 89.4 Å². The summed E-state index contributed by atoms with van der Waals surface area (Å²) in [6.45, 7) is 3.95. The second kappa shape index (κ2) is 10.7. The monoisotopic (exact) mass is 446 g/mol. The summed E-state index contributed by atoms with van der Waals surface area (Å²) in [5.41, 5.74) is 3.43. The minimum Gasteiger partial charge on any atom is -0.493 e. The van der Waals surface area contributed by atoms with Crippen molar-refractivity contribution in [3.8, 4) is 5.75 Å². The molecule has 0 aliphatic carbocycles. The van der Waals surface area contributed by atoms with Crippen LogP contribution < -0.4 is 10.1 Å². The molecule has 2 heterocycles. The Hall–Kier alpha value is -3.74. The van der Waals surface area contributed by atoms with Crippen LogP contribution in [0.5, 0.6) is 5.75 Å². The number of rotatable bonds is 6. The van der Waals surface area contributed by atoms with Gasteiger partial charge in [-0.15, -0.1) is 5.10 Å². The summed E-state index contributed by atoms with van der Waals surface area (Å²) in [6, 6.07) is 17.8. The third kappa shape index (κ3) is 6.38. The van der Waals surface area contributed by atoms with Gasteiger partial charge in [-0.05, 0) is 59.9 Å². The number of anilines is 1. The second-order valence-electron chi connectivity index (χ2n) is 8.15. The van der Waals surface area contributed by atoms with Gasteiger partial charge < -0.3 is 9.64 Å². The standard InChI is InChI=1S/C26H27FN4O2/c1-19-18-31(26(32)29-25-6-3-13-28-30-25)14-11-22(19)16-21-4-2-5-24(17-21)33-15-12-20-7-9-23(27)10-8-20/h2-10,13,16-17,19H,11-12,14-15,18H2,1H3,(H,29,30,32). The first kappa shape index (κ1) is 22.5. The first-order valence-corrected chi connectivity index (χ1v) is 11.1. The Morgan fingerprint density at radius 2 is 2.06 bits per heavy atom. The molecule has 2 amide bonds. The smallest absolute Gasteiger partial charge is 0.323 e. The number of hydrogen-bond donors (Lipinski definition) is 1. The fourth-order valence-electron chi connectivity index (χ4n) is 3.85. The topological polar surface area (TPSA) is 67.4 Å². The van der Waals surface area contributed by atoms with Crippen LogP contribution in [0.15, 0.2) is 72.4 Å². The van der Waals surface area contributed by atoms with E-state index in [1.54, 1.807) is 30.5 Å². The number of ether oxygens (including phenoxy) is 1. The zero-order valence-corrected chi connectivity index (χ0v) is 18.6. The fourth-order valence-corrected chi connectivity index (χ4v) is 3.85. The molecule has 0 spiro atoms. The summed E-state index contributed by atoms with van der Waals surface area (Å²) >= 11 is 0. The molecule has 2 aromatic carbocycles. The number of likely N-dealkylation sites (tertiary alicyclic amines) is 1.